The van der Waals surface area contributed by atoms with Crippen molar-refractivity contribution in [2.24, 2.45) is 5.73 Å². The number of nitrogens with two attached hydrogens (primary N) is 1. The molecule has 2 aromatic rings. The van der Waals surface area contributed by atoms with Gasteiger partial charge in [-0.1, -0.05) is 23.7 Å². The first-order valence-corrected chi connectivity index (χ1v) is 7.76. The lowest BCUT2D eigenvalue weighted by atomic mass is 10.2. The number of ether oxygens (including phenoxy) is 2. The van der Waals surface area contributed by atoms with Gasteiger partial charge in [-0.3, -0.25) is 4.79 Å². The Morgan fingerprint density at radius 1 is 1.30 bits per heavy atom. The SMILES string of the molecule is CCOC(=O)C(N)Cc1ccc(COc2c(C)cccc2Cl)o1. The highest BCUT2D eigenvalue weighted by molar-refractivity contribution is 6.32. The van der Waals surface area contributed by atoms with Crippen molar-refractivity contribution >= 4 is 17.6 Å². The van der Waals surface area contributed by atoms with Crippen molar-refractivity contribution < 1.29 is 18.7 Å². The number of benzene rings is 1. The van der Waals surface area contributed by atoms with Gasteiger partial charge in [0.2, 0.25) is 0 Å². The second kappa shape index (κ2) is 8.04. The Morgan fingerprint density at radius 2 is 2.04 bits per heavy atom. The van der Waals surface area contributed by atoms with E-state index in [2.05, 4.69) is 0 Å². The molecular formula is C17H20ClNO4. The zero-order chi connectivity index (χ0) is 16.8. The minimum Gasteiger partial charge on any atom is -0.484 e. The third-order valence-electron chi connectivity index (χ3n) is 3.25. The summed E-state index contributed by atoms with van der Waals surface area (Å²) in [4.78, 5) is 11.5. The fourth-order valence-electron chi connectivity index (χ4n) is 2.10. The van der Waals surface area contributed by atoms with E-state index in [0.717, 1.165) is 5.56 Å². The van der Waals surface area contributed by atoms with Gasteiger partial charge in [0.25, 0.3) is 0 Å². The Bertz CT molecular complexity index is 648. The molecular weight excluding hydrogens is 318 g/mol. The molecule has 6 heteroatoms. The summed E-state index contributed by atoms with van der Waals surface area (Å²) in [5, 5.41) is 0.557. The van der Waals surface area contributed by atoms with Gasteiger partial charge in [-0.15, -0.1) is 0 Å². The molecule has 23 heavy (non-hydrogen) atoms. The van der Waals surface area contributed by atoms with Crippen molar-refractivity contribution in [1.29, 1.82) is 0 Å². The van der Waals surface area contributed by atoms with Crippen LogP contribution in [0.5, 0.6) is 5.75 Å². The number of carbonyl (C=O) groups is 1. The Morgan fingerprint density at radius 3 is 2.74 bits per heavy atom. The Labute approximate surface area is 140 Å². The molecule has 0 saturated carbocycles. The summed E-state index contributed by atoms with van der Waals surface area (Å²) in [6.07, 6.45) is 0.282. The summed E-state index contributed by atoms with van der Waals surface area (Å²) < 4.78 is 16.2. The van der Waals surface area contributed by atoms with Crippen LogP contribution in [0.1, 0.15) is 24.0 Å². The lowest BCUT2D eigenvalue weighted by molar-refractivity contribution is -0.144. The average Bonchev–Trinajstić information content (AvgIpc) is 2.94. The van der Waals surface area contributed by atoms with Gasteiger partial charge in [0.1, 0.15) is 29.9 Å². The van der Waals surface area contributed by atoms with Crippen LogP contribution < -0.4 is 10.5 Å². The molecule has 124 valence electrons. The number of aryl methyl sites for hydroxylation is 1. The Kier molecular flexibility index (Phi) is 6.07. The molecule has 2 rings (SSSR count). The number of rotatable bonds is 7. The van der Waals surface area contributed by atoms with Crippen molar-refractivity contribution in [3.63, 3.8) is 0 Å². The standard InChI is InChI=1S/C17H20ClNO4/c1-3-21-17(20)15(19)9-12-7-8-13(23-12)10-22-16-11(2)5-4-6-14(16)18/h4-8,15H,3,9-10,19H2,1-2H3. The maximum absolute atomic E-state index is 11.5. The summed E-state index contributed by atoms with van der Waals surface area (Å²) in [5.74, 6) is 1.44. The average molecular weight is 338 g/mol. The molecule has 0 bridgehead atoms. The first-order valence-electron chi connectivity index (χ1n) is 7.39. The predicted octanol–water partition coefficient (Wildman–Crippen LogP) is 3.25. The number of carbonyl (C=O) groups excluding carboxylic acids is 1. The maximum Gasteiger partial charge on any atom is 0.323 e. The third-order valence-corrected chi connectivity index (χ3v) is 3.55. The van der Waals surface area contributed by atoms with E-state index >= 15 is 0 Å². The van der Waals surface area contributed by atoms with E-state index < -0.39 is 12.0 Å². The number of hydrogen-bond acceptors (Lipinski definition) is 5. The van der Waals surface area contributed by atoms with Crippen LogP contribution in [0.4, 0.5) is 0 Å². The van der Waals surface area contributed by atoms with E-state index in [1.54, 1.807) is 25.1 Å². The number of halogens is 1. The summed E-state index contributed by atoms with van der Waals surface area (Å²) in [5.41, 5.74) is 6.72. The normalized spacial score (nSPS) is 12.0. The van der Waals surface area contributed by atoms with Gasteiger partial charge in [-0.05, 0) is 37.6 Å². The quantitative estimate of drug-likeness (QED) is 0.785. The van der Waals surface area contributed by atoms with Crippen LogP contribution in [0.2, 0.25) is 5.02 Å². The lowest BCUT2D eigenvalue weighted by Crippen LogP contribution is -2.34. The van der Waals surface area contributed by atoms with Crippen LogP contribution >= 0.6 is 11.6 Å². The van der Waals surface area contributed by atoms with Gasteiger partial charge < -0.3 is 19.6 Å². The first kappa shape index (κ1) is 17.4. The fraction of sp³-hybridized carbons (Fsp3) is 0.353. The molecule has 0 saturated heterocycles. The summed E-state index contributed by atoms with van der Waals surface area (Å²) in [6.45, 7) is 4.22. The molecule has 0 aliphatic carbocycles. The lowest BCUT2D eigenvalue weighted by Gasteiger charge is -2.10. The predicted molar refractivity (Wildman–Crippen MR) is 87.5 cm³/mol. The molecule has 0 fully saturated rings. The third kappa shape index (κ3) is 4.74. The van der Waals surface area contributed by atoms with E-state index in [0.29, 0.717) is 28.9 Å². The molecule has 5 nitrogen and oxygen atoms in total. The van der Waals surface area contributed by atoms with Gasteiger partial charge in [-0.2, -0.15) is 0 Å². The fourth-order valence-corrected chi connectivity index (χ4v) is 2.38. The molecule has 0 aliphatic rings. The summed E-state index contributed by atoms with van der Waals surface area (Å²) in [6, 6.07) is 8.40. The van der Waals surface area contributed by atoms with Crippen molar-refractivity contribution in [2.75, 3.05) is 6.61 Å². The van der Waals surface area contributed by atoms with Gasteiger partial charge in [-0.25, -0.2) is 0 Å². The Balaban J connectivity index is 1.94. The van der Waals surface area contributed by atoms with Gasteiger partial charge >= 0.3 is 5.97 Å². The summed E-state index contributed by atoms with van der Waals surface area (Å²) in [7, 11) is 0. The molecule has 0 amide bonds. The molecule has 1 heterocycles. The molecule has 1 unspecified atom stereocenters. The highest BCUT2D eigenvalue weighted by atomic mass is 35.5. The van der Waals surface area contributed by atoms with E-state index in [1.165, 1.54) is 0 Å². The van der Waals surface area contributed by atoms with Crippen molar-refractivity contribution in [1.82, 2.24) is 0 Å². The zero-order valence-electron chi connectivity index (χ0n) is 13.2. The number of esters is 1. The van der Waals surface area contributed by atoms with Crippen LogP contribution in [0.15, 0.2) is 34.7 Å². The number of hydrogen-bond donors (Lipinski definition) is 1. The molecule has 1 atom stereocenters. The first-order chi connectivity index (χ1) is 11.0. The molecule has 0 spiro atoms. The van der Waals surface area contributed by atoms with Crippen LogP contribution in [0.3, 0.4) is 0 Å². The minimum atomic E-state index is -0.735. The van der Waals surface area contributed by atoms with E-state index in [1.807, 2.05) is 19.1 Å². The van der Waals surface area contributed by atoms with Gasteiger partial charge in [0.05, 0.1) is 11.6 Å². The maximum atomic E-state index is 11.5. The van der Waals surface area contributed by atoms with E-state index in [4.69, 9.17) is 31.2 Å². The van der Waals surface area contributed by atoms with Crippen LogP contribution in [-0.2, 0) is 22.6 Å². The van der Waals surface area contributed by atoms with Crippen LogP contribution in [-0.4, -0.2) is 18.6 Å². The molecule has 0 aliphatic heterocycles. The molecule has 1 aromatic heterocycles. The van der Waals surface area contributed by atoms with Crippen molar-refractivity contribution in [3.8, 4) is 5.75 Å². The van der Waals surface area contributed by atoms with E-state index in [9.17, 15) is 4.79 Å². The minimum absolute atomic E-state index is 0.249. The summed E-state index contributed by atoms with van der Waals surface area (Å²) >= 11 is 6.11. The molecule has 1 aromatic carbocycles. The molecule has 0 radical (unpaired) electrons. The van der Waals surface area contributed by atoms with Crippen LogP contribution in [0.25, 0.3) is 0 Å². The van der Waals surface area contributed by atoms with E-state index in [-0.39, 0.29) is 13.0 Å². The van der Waals surface area contributed by atoms with Gasteiger partial charge in [0.15, 0.2) is 0 Å². The number of para-hydroxylation sites is 1. The number of furan rings is 1. The monoisotopic (exact) mass is 337 g/mol. The topological polar surface area (TPSA) is 74.7 Å². The largest absolute Gasteiger partial charge is 0.484 e. The Hall–Kier alpha value is -1.98. The van der Waals surface area contributed by atoms with Crippen LogP contribution in [0, 0.1) is 6.92 Å². The van der Waals surface area contributed by atoms with Crippen molar-refractivity contribution in [2.45, 2.75) is 32.9 Å². The zero-order valence-corrected chi connectivity index (χ0v) is 13.9. The van der Waals surface area contributed by atoms with Crippen molar-refractivity contribution in [3.05, 3.63) is 52.4 Å². The van der Waals surface area contributed by atoms with Gasteiger partial charge in [0, 0.05) is 6.42 Å². The second-order valence-electron chi connectivity index (χ2n) is 5.11. The molecule has 2 N–H and O–H groups in total. The second-order valence-corrected chi connectivity index (χ2v) is 5.51. The highest BCUT2D eigenvalue weighted by Crippen LogP contribution is 2.28. The smallest absolute Gasteiger partial charge is 0.323 e. The highest BCUT2D eigenvalue weighted by Gasteiger charge is 2.17.